The van der Waals surface area contributed by atoms with Crippen molar-refractivity contribution < 1.29 is 19.0 Å². The standard InChI is InChI=1S/C29H29FO3/c1-19-26-17-24(31)9-12-27(26)33-29(28(19)22-5-3-2-4-6-22)23-7-10-25(11-8-23)32-14-13-20-15-21(16-20)18-30/h2-12,17,20-21,29,31H,13-16,18H2,1H3. The number of phenolic OH excluding ortho intramolecular Hbond substituents is 1. The fraction of sp³-hybridized carbons (Fsp3) is 0.310. The van der Waals surface area contributed by atoms with Gasteiger partial charge in [-0.2, -0.15) is 0 Å². The summed E-state index contributed by atoms with van der Waals surface area (Å²) in [5.41, 5.74) is 5.24. The van der Waals surface area contributed by atoms with Gasteiger partial charge in [-0.1, -0.05) is 42.5 Å². The van der Waals surface area contributed by atoms with Gasteiger partial charge in [-0.15, -0.1) is 0 Å². The first-order valence-corrected chi connectivity index (χ1v) is 11.7. The van der Waals surface area contributed by atoms with Crippen LogP contribution in [0, 0.1) is 11.8 Å². The monoisotopic (exact) mass is 444 g/mol. The molecule has 1 fully saturated rings. The summed E-state index contributed by atoms with van der Waals surface area (Å²) in [4.78, 5) is 0. The molecule has 1 atom stereocenters. The largest absolute Gasteiger partial charge is 0.508 e. The molecule has 3 aromatic carbocycles. The van der Waals surface area contributed by atoms with E-state index in [1.165, 1.54) is 0 Å². The van der Waals surface area contributed by atoms with E-state index in [0.29, 0.717) is 12.5 Å². The minimum absolute atomic E-state index is 0.188. The van der Waals surface area contributed by atoms with E-state index in [0.717, 1.165) is 58.6 Å². The summed E-state index contributed by atoms with van der Waals surface area (Å²) in [6.45, 7) is 2.56. The summed E-state index contributed by atoms with van der Waals surface area (Å²) >= 11 is 0. The van der Waals surface area contributed by atoms with Crippen LogP contribution in [-0.4, -0.2) is 18.4 Å². The zero-order valence-electron chi connectivity index (χ0n) is 18.8. The van der Waals surface area contributed by atoms with Crippen molar-refractivity contribution in [3.63, 3.8) is 0 Å². The predicted octanol–water partition coefficient (Wildman–Crippen LogP) is 7.22. The van der Waals surface area contributed by atoms with Crippen molar-refractivity contribution in [1.82, 2.24) is 0 Å². The number of fused-ring (bicyclic) bond motifs is 1. The molecule has 3 aromatic rings. The molecule has 1 unspecified atom stereocenters. The summed E-state index contributed by atoms with van der Waals surface area (Å²) in [6, 6.07) is 23.6. The molecule has 170 valence electrons. The van der Waals surface area contributed by atoms with E-state index in [1.807, 2.05) is 36.4 Å². The molecule has 1 N–H and O–H groups in total. The Bertz CT molecular complexity index is 1130. The summed E-state index contributed by atoms with van der Waals surface area (Å²) in [6.07, 6.45) is 2.70. The number of hydrogen-bond donors (Lipinski definition) is 1. The number of halogens is 1. The first-order chi connectivity index (χ1) is 16.1. The lowest BCUT2D eigenvalue weighted by Gasteiger charge is -2.33. The second-order valence-corrected chi connectivity index (χ2v) is 9.15. The maximum atomic E-state index is 12.6. The van der Waals surface area contributed by atoms with Crippen molar-refractivity contribution in [2.45, 2.75) is 32.3 Å². The van der Waals surface area contributed by atoms with E-state index in [1.54, 1.807) is 12.1 Å². The fourth-order valence-electron chi connectivity index (χ4n) is 4.98. The summed E-state index contributed by atoms with van der Waals surface area (Å²) in [5.74, 6) is 2.70. The Morgan fingerprint density at radius 3 is 2.45 bits per heavy atom. The van der Waals surface area contributed by atoms with E-state index in [4.69, 9.17) is 9.47 Å². The SMILES string of the molecule is CC1=C(c2ccccc2)C(c2ccc(OCCC3CC(CF)C3)cc2)Oc2ccc(O)cc21. The van der Waals surface area contributed by atoms with Crippen LogP contribution in [0.2, 0.25) is 0 Å². The fourth-order valence-corrected chi connectivity index (χ4v) is 4.98. The number of rotatable bonds is 7. The third kappa shape index (κ3) is 4.47. The van der Waals surface area contributed by atoms with Crippen molar-refractivity contribution in [2.24, 2.45) is 11.8 Å². The molecule has 5 rings (SSSR count). The van der Waals surface area contributed by atoms with Crippen LogP contribution < -0.4 is 9.47 Å². The van der Waals surface area contributed by atoms with E-state index in [-0.39, 0.29) is 24.4 Å². The molecule has 0 spiro atoms. The van der Waals surface area contributed by atoms with Gasteiger partial charge < -0.3 is 14.6 Å². The first-order valence-electron chi connectivity index (χ1n) is 11.7. The Morgan fingerprint density at radius 1 is 0.970 bits per heavy atom. The second-order valence-electron chi connectivity index (χ2n) is 9.15. The maximum Gasteiger partial charge on any atom is 0.150 e. The smallest absolute Gasteiger partial charge is 0.150 e. The van der Waals surface area contributed by atoms with Gasteiger partial charge in [0.05, 0.1) is 13.3 Å². The highest BCUT2D eigenvalue weighted by molar-refractivity contribution is 5.95. The van der Waals surface area contributed by atoms with Crippen LogP contribution in [0.1, 0.15) is 49.0 Å². The first kappa shape index (κ1) is 21.6. The van der Waals surface area contributed by atoms with Crippen LogP contribution in [0.25, 0.3) is 11.1 Å². The van der Waals surface area contributed by atoms with E-state index in [2.05, 4.69) is 31.2 Å². The van der Waals surface area contributed by atoms with Gasteiger partial charge in [0.15, 0.2) is 0 Å². The Kier molecular flexibility index (Phi) is 6.08. The van der Waals surface area contributed by atoms with Crippen LogP contribution in [0.4, 0.5) is 4.39 Å². The highest BCUT2D eigenvalue weighted by atomic mass is 19.1. The third-order valence-electron chi connectivity index (χ3n) is 6.89. The molecule has 0 bridgehead atoms. The molecule has 3 nitrogen and oxygen atoms in total. The van der Waals surface area contributed by atoms with Gasteiger partial charge in [-0.25, -0.2) is 0 Å². The van der Waals surface area contributed by atoms with Gasteiger partial charge in [0.2, 0.25) is 0 Å². The highest BCUT2D eigenvalue weighted by Gasteiger charge is 2.30. The quantitative estimate of drug-likeness (QED) is 0.418. The summed E-state index contributed by atoms with van der Waals surface area (Å²) in [5, 5.41) is 10.0. The van der Waals surface area contributed by atoms with Crippen LogP contribution >= 0.6 is 0 Å². The molecule has 33 heavy (non-hydrogen) atoms. The van der Waals surface area contributed by atoms with E-state index < -0.39 is 0 Å². The Hall–Kier alpha value is -3.27. The van der Waals surface area contributed by atoms with Crippen molar-refractivity contribution >= 4 is 11.1 Å². The van der Waals surface area contributed by atoms with E-state index in [9.17, 15) is 9.50 Å². The van der Waals surface area contributed by atoms with Crippen LogP contribution in [0.15, 0.2) is 72.8 Å². The number of aromatic hydroxyl groups is 1. The number of alkyl halides is 1. The molecule has 4 heteroatoms. The van der Waals surface area contributed by atoms with E-state index >= 15 is 0 Å². The number of hydrogen-bond acceptors (Lipinski definition) is 3. The van der Waals surface area contributed by atoms with Gasteiger partial charge in [-0.05, 0) is 85.1 Å². The predicted molar refractivity (Wildman–Crippen MR) is 129 cm³/mol. The number of ether oxygens (including phenoxy) is 2. The Labute approximate surface area is 194 Å². The van der Waals surface area contributed by atoms with Crippen LogP contribution in [0.3, 0.4) is 0 Å². The molecule has 1 saturated carbocycles. The Balaban J connectivity index is 1.36. The molecular weight excluding hydrogens is 415 g/mol. The lowest BCUT2D eigenvalue weighted by Crippen LogP contribution is -2.26. The molecule has 0 amide bonds. The summed E-state index contributed by atoms with van der Waals surface area (Å²) < 4.78 is 25.0. The second kappa shape index (κ2) is 9.30. The van der Waals surface area contributed by atoms with Crippen molar-refractivity contribution in [2.75, 3.05) is 13.3 Å². The van der Waals surface area contributed by atoms with Gasteiger partial charge in [0, 0.05) is 11.1 Å². The molecule has 1 heterocycles. The minimum Gasteiger partial charge on any atom is -0.508 e. The third-order valence-corrected chi connectivity index (χ3v) is 6.89. The van der Waals surface area contributed by atoms with Gasteiger partial charge in [0.1, 0.15) is 23.4 Å². The zero-order chi connectivity index (χ0) is 22.8. The summed E-state index contributed by atoms with van der Waals surface area (Å²) in [7, 11) is 0. The average Bonchev–Trinajstić information content (AvgIpc) is 2.82. The normalized spacial score (nSPS) is 21.7. The molecule has 1 aliphatic carbocycles. The topological polar surface area (TPSA) is 38.7 Å². The molecule has 2 aliphatic rings. The average molecular weight is 445 g/mol. The molecule has 0 radical (unpaired) electrons. The maximum absolute atomic E-state index is 12.6. The Morgan fingerprint density at radius 2 is 1.73 bits per heavy atom. The van der Waals surface area contributed by atoms with Crippen LogP contribution in [-0.2, 0) is 0 Å². The van der Waals surface area contributed by atoms with Crippen molar-refractivity contribution in [1.29, 1.82) is 0 Å². The highest BCUT2D eigenvalue weighted by Crippen LogP contribution is 2.47. The number of benzene rings is 3. The minimum atomic E-state index is -0.258. The molecule has 0 saturated heterocycles. The van der Waals surface area contributed by atoms with Crippen molar-refractivity contribution in [3.8, 4) is 17.2 Å². The molecule has 0 aromatic heterocycles. The zero-order valence-corrected chi connectivity index (χ0v) is 18.8. The molecular formula is C29H29FO3. The van der Waals surface area contributed by atoms with Gasteiger partial charge >= 0.3 is 0 Å². The van der Waals surface area contributed by atoms with Gasteiger partial charge in [-0.3, -0.25) is 4.39 Å². The van der Waals surface area contributed by atoms with Crippen molar-refractivity contribution in [3.05, 3.63) is 89.5 Å². The number of phenols is 1. The number of allylic oxidation sites excluding steroid dienone is 1. The van der Waals surface area contributed by atoms with Crippen LogP contribution in [0.5, 0.6) is 17.2 Å². The van der Waals surface area contributed by atoms with Gasteiger partial charge in [0.25, 0.3) is 0 Å². The molecule has 1 aliphatic heterocycles. The lowest BCUT2D eigenvalue weighted by atomic mass is 9.74. The lowest BCUT2D eigenvalue weighted by molar-refractivity contribution is 0.128.